The van der Waals surface area contributed by atoms with Gasteiger partial charge in [0.25, 0.3) is 0 Å². The van der Waals surface area contributed by atoms with Crippen LogP contribution in [0, 0.1) is 6.92 Å². The summed E-state index contributed by atoms with van der Waals surface area (Å²) in [4.78, 5) is 9.00. The molecule has 2 rings (SSSR count). The van der Waals surface area contributed by atoms with Crippen molar-refractivity contribution in [2.24, 2.45) is 0 Å². The number of nitrogens with one attached hydrogen (secondary N) is 1. The molecule has 0 aliphatic heterocycles. The molecule has 0 bridgehead atoms. The minimum absolute atomic E-state index is 0.242. The van der Waals surface area contributed by atoms with E-state index in [1.54, 1.807) is 0 Å². The first kappa shape index (κ1) is 14.4. The molecular formula is C14H15BrClN3. The van der Waals surface area contributed by atoms with E-state index in [0.29, 0.717) is 10.8 Å². The van der Waals surface area contributed by atoms with E-state index in [9.17, 15) is 0 Å². The summed E-state index contributed by atoms with van der Waals surface area (Å²) in [6.07, 6.45) is 1.88. The SMILES string of the molecule is CNC(C)c1cnc(-c2ccc(Cl)c(Br)c2)nc1C. The summed E-state index contributed by atoms with van der Waals surface area (Å²) in [5.41, 5.74) is 3.04. The Labute approximate surface area is 126 Å². The maximum Gasteiger partial charge on any atom is 0.159 e. The third kappa shape index (κ3) is 3.14. The molecule has 0 aliphatic rings. The molecule has 1 N–H and O–H groups in total. The van der Waals surface area contributed by atoms with E-state index in [0.717, 1.165) is 21.3 Å². The van der Waals surface area contributed by atoms with Gasteiger partial charge in [0.1, 0.15) is 0 Å². The van der Waals surface area contributed by atoms with Gasteiger partial charge in [-0.2, -0.15) is 0 Å². The van der Waals surface area contributed by atoms with Crippen LogP contribution in [0.2, 0.25) is 5.02 Å². The number of halogens is 2. The number of nitrogens with zero attached hydrogens (tertiary/aromatic N) is 2. The highest BCUT2D eigenvalue weighted by molar-refractivity contribution is 9.10. The molecule has 19 heavy (non-hydrogen) atoms. The number of hydrogen-bond acceptors (Lipinski definition) is 3. The third-order valence-electron chi connectivity index (χ3n) is 3.09. The Morgan fingerprint density at radius 3 is 2.68 bits per heavy atom. The monoisotopic (exact) mass is 339 g/mol. The second-order valence-electron chi connectivity index (χ2n) is 4.37. The largest absolute Gasteiger partial charge is 0.313 e. The number of hydrogen-bond donors (Lipinski definition) is 1. The van der Waals surface area contributed by atoms with Crippen LogP contribution in [0.4, 0.5) is 0 Å². The Hall–Kier alpha value is -0.970. The third-order valence-corrected chi connectivity index (χ3v) is 4.31. The van der Waals surface area contributed by atoms with E-state index >= 15 is 0 Å². The maximum absolute atomic E-state index is 5.99. The zero-order valence-electron chi connectivity index (χ0n) is 11.0. The van der Waals surface area contributed by atoms with Crippen molar-refractivity contribution in [2.75, 3.05) is 7.05 Å². The second-order valence-corrected chi connectivity index (χ2v) is 5.64. The van der Waals surface area contributed by atoms with Crippen molar-refractivity contribution in [1.82, 2.24) is 15.3 Å². The molecule has 5 heteroatoms. The summed E-state index contributed by atoms with van der Waals surface area (Å²) < 4.78 is 0.848. The van der Waals surface area contributed by atoms with Crippen LogP contribution < -0.4 is 5.32 Å². The average molecular weight is 341 g/mol. The van der Waals surface area contributed by atoms with Gasteiger partial charge < -0.3 is 5.32 Å². The van der Waals surface area contributed by atoms with Gasteiger partial charge in [-0.25, -0.2) is 9.97 Å². The summed E-state index contributed by atoms with van der Waals surface area (Å²) in [6, 6.07) is 5.93. The fourth-order valence-electron chi connectivity index (χ4n) is 1.83. The van der Waals surface area contributed by atoms with Crippen LogP contribution in [-0.2, 0) is 0 Å². The second kappa shape index (κ2) is 5.99. The van der Waals surface area contributed by atoms with Crippen LogP contribution in [0.3, 0.4) is 0 Å². The van der Waals surface area contributed by atoms with Crippen molar-refractivity contribution >= 4 is 27.5 Å². The minimum Gasteiger partial charge on any atom is -0.313 e. The van der Waals surface area contributed by atoms with Crippen molar-refractivity contribution in [1.29, 1.82) is 0 Å². The van der Waals surface area contributed by atoms with Gasteiger partial charge in [0, 0.05) is 33.5 Å². The Morgan fingerprint density at radius 1 is 1.37 bits per heavy atom. The predicted octanol–water partition coefficient (Wildman–Crippen LogP) is 4.15. The highest BCUT2D eigenvalue weighted by Gasteiger charge is 2.10. The van der Waals surface area contributed by atoms with Gasteiger partial charge in [-0.05, 0) is 55.0 Å². The lowest BCUT2D eigenvalue weighted by molar-refractivity contribution is 0.641. The molecule has 0 saturated carbocycles. The lowest BCUT2D eigenvalue weighted by Gasteiger charge is -2.13. The highest BCUT2D eigenvalue weighted by atomic mass is 79.9. The number of benzene rings is 1. The fraction of sp³-hybridized carbons (Fsp3) is 0.286. The molecule has 100 valence electrons. The number of aryl methyl sites for hydroxylation is 1. The Kier molecular flexibility index (Phi) is 4.55. The van der Waals surface area contributed by atoms with Crippen molar-refractivity contribution < 1.29 is 0 Å². The van der Waals surface area contributed by atoms with Crippen molar-refractivity contribution in [3.63, 3.8) is 0 Å². The van der Waals surface area contributed by atoms with E-state index in [1.165, 1.54) is 0 Å². The average Bonchev–Trinajstić information content (AvgIpc) is 2.41. The molecular weight excluding hydrogens is 326 g/mol. The van der Waals surface area contributed by atoms with E-state index in [-0.39, 0.29) is 6.04 Å². The van der Waals surface area contributed by atoms with Gasteiger partial charge in [-0.1, -0.05) is 11.6 Å². The molecule has 1 heterocycles. The zero-order valence-corrected chi connectivity index (χ0v) is 13.4. The molecule has 2 aromatic rings. The lowest BCUT2D eigenvalue weighted by atomic mass is 10.1. The van der Waals surface area contributed by atoms with E-state index in [4.69, 9.17) is 11.6 Å². The van der Waals surface area contributed by atoms with E-state index in [2.05, 4.69) is 38.1 Å². The minimum atomic E-state index is 0.242. The van der Waals surface area contributed by atoms with Crippen LogP contribution in [0.15, 0.2) is 28.9 Å². The molecule has 0 amide bonds. The summed E-state index contributed by atoms with van der Waals surface area (Å²) in [5.74, 6) is 0.710. The lowest BCUT2D eigenvalue weighted by Crippen LogP contribution is -2.14. The van der Waals surface area contributed by atoms with Crippen molar-refractivity contribution in [3.8, 4) is 11.4 Å². The van der Waals surface area contributed by atoms with Gasteiger partial charge >= 0.3 is 0 Å². The molecule has 1 unspecified atom stereocenters. The van der Waals surface area contributed by atoms with Gasteiger partial charge in [-0.3, -0.25) is 0 Å². The molecule has 3 nitrogen and oxygen atoms in total. The van der Waals surface area contributed by atoms with Crippen LogP contribution in [0.25, 0.3) is 11.4 Å². The van der Waals surface area contributed by atoms with E-state index < -0.39 is 0 Å². The summed E-state index contributed by atoms with van der Waals surface area (Å²) in [6.45, 7) is 4.09. The topological polar surface area (TPSA) is 37.8 Å². The molecule has 1 aromatic heterocycles. The molecule has 0 fully saturated rings. The Morgan fingerprint density at radius 2 is 2.11 bits per heavy atom. The molecule has 0 radical (unpaired) electrons. The standard InChI is InChI=1S/C14H15BrClN3/c1-8(17-3)11-7-18-14(19-9(11)2)10-4-5-13(16)12(15)6-10/h4-8,17H,1-3H3. The van der Waals surface area contributed by atoms with Crippen LogP contribution in [0.1, 0.15) is 24.2 Å². The van der Waals surface area contributed by atoms with Crippen molar-refractivity contribution in [3.05, 3.63) is 45.1 Å². The first-order valence-corrected chi connectivity index (χ1v) is 7.16. The van der Waals surface area contributed by atoms with Crippen LogP contribution in [-0.4, -0.2) is 17.0 Å². The first-order chi connectivity index (χ1) is 9.02. The molecule has 0 aliphatic carbocycles. The van der Waals surface area contributed by atoms with Gasteiger partial charge in [0.2, 0.25) is 0 Å². The molecule has 0 saturated heterocycles. The fourth-order valence-corrected chi connectivity index (χ4v) is 2.33. The number of rotatable bonds is 3. The Balaban J connectivity index is 2.41. The van der Waals surface area contributed by atoms with Gasteiger partial charge in [0.05, 0.1) is 5.02 Å². The smallest absolute Gasteiger partial charge is 0.159 e. The summed E-state index contributed by atoms with van der Waals surface area (Å²) >= 11 is 9.40. The van der Waals surface area contributed by atoms with Crippen LogP contribution in [0.5, 0.6) is 0 Å². The summed E-state index contributed by atoms with van der Waals surface area (Å²) in [5, 5.41) is 3.87. The normalized spacial score (nSPS) is 12.5. The van der Waals surface area contributed by atoms with Crippen LogP contribution >= 0.6 is 27.5 Å². The maximum atomic E-state index is 5.99. The Bertz CT molecular complexity index is 601. The molecule has 1 aromatic carbocycles. The molecule has 1 atom stereocenters. The quantitative estimate of drug-likeness (QED) is 0.912. The number of aromatic nitrogens is 2. The van der Waals surface area contributed by atoms with Gasteiger partial charge in [0.15, 0.2) is 5.82 Å². The van der Waals surface area contributed by atoms with E-state index in [1.807, 2.05) is 38.4 Å². The highest BCUT2D eigenvalue weighted by Crippen LogP contribution is 2.27. The predicted molar refractivity (Wildman–Crippen MR) is 82.4 cm³/mol. The molecule has 0 spiro atoms. The first-order valence-electron chi connectivity index (χ1n) is 5.99. The van der Waals surface area contributed by atoms with Gasteiger partial charge in [-0.15, -0.1) is 0 Å². The van der Waals surface area contributed by atoms with Crippen molar-refractivity contribution in [2.45, 2.75) is 19.9 Å². The zero-order chi connectivity index (χ0) is 14.0. The summed E-state index contributed by atoms with van der Waals surface area (Å²) in [7, 11) is 1.92.